The van der Waals surface area contributed by atoms with E-state index in [9.17, 15) is 0 Å². The number of anilines is 1. The molecule has 2 aromatic carbocycles. The van der Waals surface area contributed by atoms with Gasteiger partial charge in [0.05, 0.1) is 20.4 Å². The minimum absolute atomic E-state index is 0.401. The Morgan fingerprint density at radius 3 is 2.45 bits per heavy atom. The van der Waals surface area contributed by atoms with Crippen molar-refractivity contribution in [2.24, 2.45) is 5.10 Å². The Balaban J connectivity index is 1.87. The van der Waals surface area contributed by atoms with Crippen molar-refractivity contribution < 1.29 is 9.47 Å². The van der Waals surface area contributed by atoms with E-state index in [2.05, 4.69) is 15.8 Å². The SMILES string of the molecule is COc1ccc(/C=N\NC(=S)Nc2cccc(OC)c2)cc1. The van der Waals surface area contributed by atoms with Gasteiger partial charge in [-0.2, -0.15) is 5.10 Å². The first-order chi connectivity index (χ1) is 10.7. The Bertz CT molecular complexity index is 657. The lowest BCUT2D eigenvalue weighted by Gasteiger charge is -2.08. The fraction of sp³-hybridized carbons (Fsp3) is 0.125. The molecule has 0 saturated heterocycles. The molecule has 0 aliphatic carbocycles. The van der Waals surface area contributed by atoms with Crippen LogP contribution >= 0.6 is 12.2 Å². The molecule has 0 fully saturated rings. The third kappa shape index (κ3) is 4.75. The summed E-state index contributed by atoms with van der Waals surface area (Å²) in [6, 6.07) is 15.0. The number of ether oxygens (including phenoxy) is 2. The summed E-state index contributed by atoms with van der Waals surface area (Å²) in [6.07, 6.45) is 1.68. The van der Waals surface area contributed by atoms with Crippen molar-refractivity contribution in [3.8, 4) is 11.5 Å². The van der Waals surface area contributed by atoms with Crippen LogP contribution < -0.4 is 20.2 Å². The maximum Gasteiger partial charge on any atom is 0.191 e. The Morgan fingerprint density at radius 1 is 1.05 bits per heavy atom. The van der Waals surface area contributed by atoms with Gasteiger partial charge < -0.3 is 14.8 Å². The second-order valence-corrected chi connectivity index (χ2v) is 4.74. The van der Waals surface area contributed by atoms with Crippen LogP contribution in [-0.4, -0.2) is 25.5 Å². The van der Waals surface area contributed by atoms with Crippen molar-refractivity contribution in [3.63, 3.8) is 0 Å². The molecule has 114 valence electrons. The average molecular weight is 315 g/mol. The number of hydrogen-bond donors (Lipinski definition) is 2. The number of methoxy groups -OCH3 is 2. The summed E-state index contributed by atoms with van der Waals surface area (Å²) >= 11 is 5.17. The third-order valence-electron chi connectivity index (χ3n) is 2.82. The van der Waals surface area contributed by atoms with Crippen LogP contribution in [0.1, 0.15) is 5.56 Å². The van der Waals surface area contributed by atoms with Crippen LogP contribution in [0.15, 0.2) is 53.6 Å². The van der Waals surface area contributed by atoms with Crippen LogP contribution in [-0.2, 0) is 0 Å². The van der Waals surface area contributed by atoms with Crippen LogP contribution in [0.2, 0.25) is 0 Å². The molecule has 0 heterocycles. The molecule has 0 aliphatic rings. The van der Waals surface area contributed by atoms with E-state index in [1.165, 1.54) is 0 Å². The Labute approximate surface area is 134 Å². The fourth-order valence-electron chi connectivity index (χ4n) is 1.72. The van der Waals surface area contributed by atoms with E-state index >= 15 is 0 Å². The van der Waals surface area contributed by atoms with E-state index in [0.717, 1.165) is 22.7 Å². The van der Waals surface area contributed by atoms with Crippen molar-refractivity contribution >= 4 is 29.2 Å². The zero-order chi connectivity index (χ0) is 15.8. The van der Waals surface area contributed by atoms with Crippen LogP contribution in [0.25, 0.3) is 0 Å². The number of hydrogen-bond acceptors (Lipinski definition) is 4. The zero-order valence-electron chi connectivity index (χ0n) is 12.4. The summed E-state index contributed by atoms with van der Waals surface area (Å²) in [7, 11) is 3.25. The lowest BCUT2D eigenvalue weighted by Crippen LogP contribution is -2.23. The van der Waals surface area contributed by atoms with E-state index in [0.29, 0.717) is 5.11 Å². The lowest BCUT2D eigenvalue weighted by atomic mass is 10.2. The molecule has 5 nitrogen and oxygen atoms in total. The smallest absolute Gasteiger partial charge is 0.191 e. The summed E-state index contributed by atoms with van der Waals surface area (Å²) in [4.78, 5) is 0. The maximum atomic E-state index is 5.17. The van der Waals surface area contributed by atoms with Crippen molar-refractivity contribution in [1.82, 2.24) is 5.43 Å². The molecule has 0 amide bonds. The third-order valence-corrected chi connectivity index (χ3v) is 3.02. The average Bonchev–Trinajstić information content (AvgIpc) is 2.55. The summed E-state index contributed by atoms with van der Waals surface area (Å²) in [5.41, 5.74) is 4.54. The van der Waals surface area contributed by atoms with E-state index in [1.807, 2.05) is 48.5 Å². The lowest BCUT2D eigenvalue weighted by molar-refractivity contribution is 0.414. The largest absolute Gasteiger partial charge is 0.497 e. The molecule has 0 spiro atoms. The van der Waals surface area contributed by atoms with Gasteiger partial charge in [-0.1, -0.05) is 6.07 Å². The first-order valence-electron chi connectivity index (χ1n) is 6.59. The normalized spacial score (nSPS) is 10.3. The van der Waals surface area contributed by atoms with Gasteiger partial charge in [0, 0.05) is 11.8 Å². The van der Waals surface area contributed by atoms with Gasteiger partial charge in [0.15, 0.2) is 5.11 Å². The highest BCUT2D eigenvalue weighted by molar-refractivity contribution is 7.80. The number of benzene rings is 2. The van der Waals surface area contributed by atoms with Gasteiger partial charge in [0.1, 0.15) is 11.5 Å². The van der Waals surface area contributed by atoms with Gasteiger partial charge in [-0.05, 0) is 54.2 Å². The zero-order valence-corrected chi connectivity index (χ0v) is 13.2. The molecule has 0 aliphatic heterocycles. The van der Waals surface area contributed by atoms with Crippen molar-refractivity contribution in [3.05, 3.63) is 54.1 Å². The molecular formula is C16H17N3O2S. The quantitative estimate of drug-likeness (QED) is 0.505. The highest BCUT2D eigenvalue weighted by Crippen LogP contribution is 2.16. The molecule has 2 rings (SSSR count). The topological polar surface area (TPSA) is 54.9 Å². The van der Waals surface area contributed by atoms with Gasteiger partial charge in [-0.3, -0.25) is 5.43 Å². The summed E-state index contributed by atoms with van der Waals surface area (Å²) < 4.78 is 10.2. The molecule has 2 N–H and O–H groups in total. The molecule has 0 radical (unpaired) electrons. The maximum absolute atomic E-state index is 5.17. The number of thiocarbonyl (C=S) groups is 1. The molecule has 0 saturated carbocycles. The second-order valence-electron chi connectivity index (χ2n) is 4.33. The highest BCUT2D eigenvalue weighted by Gasteiger charge is 1.98. The number of hydrazone groups is 1. The minimum Gasteiger partial charge on any atom is -0.497 e. The molecule has 0 aromatic heterocycles. The van der Waals surface area contributed by atoms with Crippen LogP contribution in [0, 0.1) is 0 Å². The molecule has 6 heteroatoms. The molecule has 22 heavy (non-hydrogen) atoms. The molecule has 0 bridgehead atoms. The van der Waals surface area contributed by atoms with Crippen LogP contribution in [0.5, 0.6) is 11.5 Å². The summed E-state index contributed by atoms with van der Waals surface area (Å²) in [6.45, 7) is 0. The van der Waals surface area contributed by atoms with Crippen molar-refractivity contribution in [1.29, 1.82) is 0 Å². The Morgan fingerprint density at radius 2 is 1.77 bits per heavy atom. The molecule has 0 atom stereocenters. The highest BCUT2D eigenvalue weighted by atomic mass is 32.1. The van der Waals surface area contributed by atoms with Gasteiger partial charge >= 0.3 is 0 Å². The molecular weight excluding hydrogens is 298 g/mol. The van der Waals surface area contributed by atoms with Crippen LogP contribution in [0.4, 0.5) is 5.69 Å². The monoisotopic (exact) mass is 315 g/mol. The van der Waals surface area contributed by atoms with Crippen LogP contribution in [0.3, 0.4) is 0 Å². The van der Waals surface area contributed by atoms with E-state index in [-0.39, 0.29) is 0 Å². The summed E-state index contributed by atoms with van der Waals surface area (Å²) in [5.74, 6) is 1.56. The second kappa shape index (κ2) is 7.99. The first kappa shape index (κ1) is 15.8. The van der Waals surface area contributed by atoms with E-state index < -0.39 is 0 Å². The number of nitrogens with zero attached hydrogens (tertiary/aromatic N) is 1. The fourth-order valence-corrected chi connectivity index (χ4v) is 1.89. The standard InChI is InChI=1S/C16H17N3O2S/c1-20-14-8-6-12(7-9-14)11-17-19-16(22)18-13-4-3-5-15(10-13)21-2/h3-11H,1-2H3,(H2,18,19,22)/b17-11-. The van der Waals surface area contributed by atoms with E-state index in [4.69, 9.17) is 21.7 Å². The predicted molar refractivity (Wildman–Crippen MR) is 92.9 cm³/mol. The Kier molecular flexibility index (Phi) is 5.73. The molecule has 2 aromatic rings. The van der Waals surface area contributed by atoms with Gasteiger partial charge in [0.2, 0.25) is 0 Å². The van der Waals surface area contributed by atoms with Crippen molar-refractivity contribution in [2.75, 3.05) is 19.5 Å². The number of nitrogens with one attached hydrogen (secondary N) is 2. The predicted octanol–water partition coefficient (Wildman–Crippen LogP) is 3.02. The first-order valence-corrected chi connectivity index (χ1v) is 7.00. The number of rotatable bonds is 5. The minimum atomic E-state index is 0.401. The Hall–Kier alpha value is -2.60. The molecule has 0 unspecified atom stereocenters. The van der Waals surface area contributed by atoms with Gasteiger partial charge in [0.25, 0.3) is 0 Å². The van der Waals surface area contributed by atoms with Gasteiger partial charge in [-0.15, -0.1) is 0 Å². The van der Waals surface area contributed by atoms with Gasteiger partial charge in [-0.25, -0.2) is 0 Å². The van der Waals surface area contributed by atoms with Crippen molar-refractivity contribution in [2.45, 2.75) is 0 Å². The van der Waals surface area contributed by atoms with E-state index in [1.54, 1.807) is 20.4 Å². The summed E-state index contributed by atoms with van der Waals surface area (Å²) in [5, 5.41) is 7.51.